The number of hydrogen-bond donors (Lipinski definition) is 2. The molecule has 2 fully saturated rings. The Morgan fingerprint density at radius 3 is 2.57 bits per heavy atom. The maximum Gasteiger partial charge on any atom is 0.0600 e. The van der Waals surface area contributed by atoms with Gasteiger partial charge in [0.1, 0.15) is 0 Å². The van der Waals surface area contributed by atoms with Gasteiger partial charge in [0.2, 0.25) is 0 Å². The molecule has 1 aromatic rings. The van der Waals surface area contributed by atoms with E-state index in [0.717, 1.165) is 43.7 Å². The van der Waals surface area contributed by atoms with Crippen molar-refractivity contribution in [2.45, 2.75) is 64.3 Å². The van der Waals surface area contributed by atoms with Gasteiger partial charge in [0, 0.05) is 19.1 Å². The van der Waals surface area contributed by atoms with Gasteiger partial charge in [0.05, 0.1) is 11.4 Å². The van der Waals surface area contributed by atoms with Crippen molar-refractivity contribution in [2.24, 2.45) is 5.92 Å². The van der Waals surface area contributed by atoms with Crippen LogP contribution in [0.3, 0.4) is 0 Å². The molecule has 0 amide bonds. The van der Waals surface area contributed by atoms with Gasteiger partial charge in [-0.15, -0.1) is 0 Å². The van der Waals surface area contributed by atoms with Crippen molar-refractivity contribution < 1.29 is 0 Å². The molecule has 0 radical (unpaired) electrons. The molecule has 0 aromatic heterocycles. The number of rotatable bonds is 6. The SMILES string of the molecule is CC1CCN(c2ccc(CCCNC3CCCC3)cc2N)CC1. The van der Waals surface area contributed by atoms with E-state index in [2.05, 4.69) is 35.3 Å². The van der Waals surface area contributed by atoms with Gasteiger partial charge in [-0.3, -0.25) is 0 Å². The minimum atomic E-state index is 0.781. The van der Waals surface area contributed by atoms with Crippen LogP contribution in [0.4, 0.5) is 11.4 Å². The lowest BCUT2D eigenvalue weighted by molar-refractivity contribution is 0.438. The summed E-state index contributed by atoms with van der Waals surface area (Å²) >= 11 is 0. The molecule has 1 aliphatic carbocycles. The van der Waals surface area contributed by atoms with Gasteiger partial charge >= 0.3 is 0 Å². The second kappa shape index (κ2) is 8.05. The molecule has 0 spiro atoms. The van der Waals surface area contributed by atoms with Gasteiger partial charge in [-0.05, 0) is 68.7 Å². The smallest absolute Gasteiger partial charge is 0.0600 e. The number of nitrogens with one attached hydrogen (secondary N) is 1. The molecule has 1 aliphatic heterocycles. The highest BCUT2D eigenvalue weighted by atomic mass is 15.1. The first-order valence-corrected chi connectivity index (χ1v) is 9.59. The van der Waals surface area contributed by atoms with E-state index in [4.69, 9.17) is 5.73 Å². The summed E-state index contributed by atoms with van der Waals surface area (Å²) in [5, 5.41) is 3.69. The Kier molecular flexibility index (Phi) is 5.82. The lowest BCUT2D eigenvalue weighted by atomic mass is 9.98. The van der Waals surface area contributed by atoms with E-state index < -0.39 is 0 Å². The minimum absolute atomic E-state index is 0.781. The van der Waals surface area contributed by atoms with Gasteiger partial charge in [0.25, 0.3) is 0 Å². The first kappa shape index (κ1) is 16.6. The molecule has 3 nitrogen and oxygen atoms in total. The zero-order valence-corrected chi connectivity index (χ0v) is 14.7. The van der Waals surface area contributed by atoms with E-state index in [9.17, 15) is 0 Å². The van der Waals surface area contributed by atoms with Crippen molar-refractivity contribution in [3.8, 4) is 0 Å². The first-order chi connectivity index (χ1) is 11.2. The summed E-state index contributed by atoms with van der Waals surface area (Å²) < 4.78 is 0. The molecule has 1 saturated heterocycles. The summed E-state index contributed by atoms with van der Waals surface area (Å²) in [5.74, 6) is 0.860. The van der Waals surface area contributed by atoms with Crippen LogP contribution in [0.25, 0.3) is 0 Å². The number of piperidine rings is 1. The zero-order valence-electron chi connectivity index (χ0n) is 14.7. The second-order valence-electron chi connectivity index (χ2n) is 7.60. The van der Waals surface area contributed by atoms with E-state index in [1.54, 1.807) is 0 Å². The van der Waals surface area contributed by atoms with E-state index in [0.29, 0.717) is 0 Å². The summed E-state index contributed by atoms with van der Waals surface area (Å²) in [6, 6.07) is 7.50. The van der Waals surface area contributed by atoms with Crippen LogP contribution in [0.2, 0.25) is 0 Å². The summed E-state index contributed by atoms with van der Waals surface area (Å²) in [6.45, 7) is 5.78. The standard InChI is InChI=1S/C20H33N3/c1-16-10-13-23(14-11-16)20-9-8-17(15-19(20)21)5-4-12-22-18-6-2-3-7-18/h8-9,15-16,18,22H,2-7,10-14,21H2,1H3. The molecule has 1 saturated carbocycles. The average molecular weight is 316 g/mol. The maximum atomic E-state index is 6.33. The number of anilines is 2. The number of nitrogens with two attached hydrogens (primary N) is 1. The first-order valence-electron chi connectivity index (χ1n) is 9.59. The Balaban J connectivity index is 1.46. The monoisotopic (exact) mass is 315 g/mol. The second-order valence-corrected chi connectivity index (χ2v) is 7.60. The molecule has 0 bridgehead atoms. The van der Waals surface area contributed by atoms with Crippen LogP contribution in [0.1, 0.15) is 57.4 Å². The molecule has 128 valence electrons. The fourth-order valence-electron chi connectivity index (χ4n) is 4.03. The Labute approximate surface area is 141 Å². The summed E-state index contributed by atoms with van der Waals surface area (Å²) in [5.41, 5.74) is 9.91. The number of hydrogen-bond acceptors (Lipinski definition) is 3. The van der Waals surface area contributed by atoms with Crippen molar-refractivity contribution in [3.05, 3.63) is 23.8 Å². The molecule has 2 aliphatic rings. The van der Waals surface area contributed by atoms with Gasteiger partial charge in [-0.25, -0.2) is 0 Å². The normalized spacial score (nSPS) is 20.3. The van der Waals surface area contributed by atoms with E-state index in [1.807, 2.05) is 0 Å². The van der Waals surface area contributed by atoms with Crippen molar-refractivity contribution in [2.75, 3.05) is 30.3 Å². The Bertz CT molecular complexity index is 486. The minimum Gasteiger partial charge on any atom is -0.397 e. The molecular weight excluding hydrogens is 282 g/mol. The van der Waals surface area contributed by atoms with Crippen LogP contribution in [-0.2, 0) is 6.42 Å². The fourth-order valence-corrected chi connectivity index (χ4v) is 4.03. The number of aryl methyl sites for hydroxylation is 1. The molecule has 23 heavy (non-hydrogen) atoms. The van der Waals surface area contributed by atoms with Gasteiger partial charge in [-0.2, -0.15) is 0 Å². The predicted octanol–water partition coefficient (Wildman–Crippen LogP) is 3.97. The van der Waals surface area contributed by atoms with Crippen LogP contribution < -0.4 is 16.0 Å². The molecule has 1 heterocycles. The number of benzene rings is 1. The van der Waals surface area contributed by atoms with E-state index >= 15 is 0 Å². The van der Waals surface area contributed by atoms with Crippen LogP contribution in [0.5, 0.6) is 0 Å². The predicted molar refractivity (Wildman–Crippen MR) is 100 cm³/mol. The largest absolute Gasteiger partial charge is 0.397 e. The maximum absolute atomic E-state index is 6.33. The zero-order chi connectivity index (χ0) is 16.1. The third kappa shape index (κ3) is 4.63. The van der Waals surface area contributed by atoms with E-state index in [-0.39, 0.29) is 0 Å². The van der Waals surface area contributed by atoms with Crippen molar-refractivity contribution in [1.29, 1.82) is 0 Å². The molecule has 0 atom stereocenters. The van der Waals surface area contributed by atoms with Crippen molar-refractivity contribution >= 4 is 11.4 Å². The third-order valence-corrected chi connectivity index (χ3v) is 5.65. The molecular formula is C20H33N3. The number of nitrogen functional groups attached to an aromatic ring is 1. The third-order valence-electron chi connectivity index (χ3n) is 5.65. The molecule has 3 heteroatoms. The summed E-state index contributed by atoms with van der Waals surface area (Å²) in [7, 11) is 0. The lowest BCUT2D eigenvalue weighted by Gasteiger charge is -2.33. The lowest BCUT2D eigenvalue weighted by Crippen LogP contribution is -2.33. The summed E-state index contributed by atoms with van der Waals surface area (Å²) in [6.07, 6.45) is 10.5. The van der Waals surface area contributed by atoms with E-state index in [1.165, 1.54) is 56.2 Å². The van der Waals surface area contributed by atoms with Crippen LogP contribution in [-0.4, -0.2) is 25.7 Å². The molecule has 3 N–H and O–H groups in total. The quantitative estimate of drug-likeness (QED) is 0.616. The number of nitrogens with zero attached hydrogens (tertiary/aromatic N) is 1. The molecule has 0 unspecified atom stereocenters. The van der Waals surface area contributed by atoms with Crippen molar-refractivity contribution in [3.63, 3.8) is 0 Å². The molecule has 1 aromatic carbocycles. The highest BCUT2D eigenvalue weighted by Crippen LogP contribution is 2.29. The Morgan fingerprint density at radius 2 is 1.87 bits per heavy atom. The van der Waals surface area contributed by atoms with Crippen LogP contribution in [0.15, 0.2) is 18.2 Å². The Morgan fingerprint density at radius 1 is 1.13 bits per heavy atom. The highest BCUT2D eigenvalue weighted by molar-refractivity contribution is 5.68. The summed E-state index contributed by atoms with van der Waals surface area (Å²) in [4.78, 5) is 2.46. The van der Waals surface area contributed by atoms with Gasteiger partial charge in [-0.1, -0.05) is 25.8 Å². The molecule has 3 rings (SSSR count). The van der Waals surface area contributed by atoms with Gasteiger partial charge in [0.15, 0.2) is 0 Å². The topological polar surface area (TPSA) is 41.3 Å². The highest BCUT2D eigenvalue weighted by Gasteiger charge is 2.18. The Hall–Kier alpha value is -1.22. The average Bonchev–Trinajstić information content (AvgIpc) is 3.06. The van der Waals surface area contributed by atoms with Gasteiger partial charge < -0.3 is 16.0 Å². The van der Waals surface area contributed by atoms with Crippen LogP contribution in [0, 0.1) is 5.92 Å². The van der Waals surface area contributed by atoms with Crippen LogP contribution >= 0.6 is 0 Å². The fraction of sp³-hybridized carbons (Fsp3) is 0.700. The van der Waals surface area contributed by atoms with Crippen molar-refractivity contribution in [1.82, 2.24) is 5.32 Å².